The first-order chi connectivity index (χ1) is 14.2. The summed E-state index contributed by atoms with van der Waals surface area (Å²) in [6, 6.07) is 17.2. The highest BCUT2D eigenvalue weighted by Crippen LogP contribution is 2.23. The van der Waals surface area contributed by atoms with Crippen LogP contribution in [0.25, 0.3) is 11.3 Å². The minimum absolute atomic E-state index is 0.923. The Kier molecular flexibility index (Phi) is 6.25. The van der Waals surface area contributed by atoms with Crippen molar-refractivity contribution in [2.24, 2.45) is 0 Å². The Labute approximate surface area is 174 Å². The van der Waals surface area contributed by atoms with Gasteiger partial charge in [0.25, 0.3) is 0 Å². The fourth-order valence-electron chi connectivity index (χ4n) is 4.12. The van der Waals surface area contributed by atoms with E-state index in [0.717, 1.165) is 51.4 Å². The lowest BCUT2D eigenvalue weighted by Gasteiger charge is -2.37. The van der Waals surface area contributed by atoms with Gasteiger partial charge in [-0.1, -0.05) is 47.7 Å². The number of aryl methyl sites for hydroxylation is 3. The highest BCUT2D eigenvalue weighted by atomic mass is 15.4. The minimum atomic E-state index is 0.923. The summed E-state index contributed by atoms with van der Waals surface area (Å²) in [5.74, 6) is 0. The van der Waals surface area contributed by atoms with Crippen LogP contribution in [-0.4, -0.2) is 52.6 Å². The Bertz CT molecular complexity index is 910. The van der Waals surface area contributed by atoms with Gasteiger partial charge < -0.3 is 4.90 Å². The molecule has 1 aliphatic heterocycles. The van der Waals surface area contributed by atoms with Crippen LogP contribution in [0.5, 0.6) is 0 Å². The highest BCUT2D eigenvalue weighted by Gasteiger charge is 2.18. The highest BCUT2D eigenvalue weighted by molar-refractivity contribution is 5.58. The van der Waals surface area contributed by atoms with Crippen LogP contribution in [0.1, 0.15) is 24.0 Å². The van der Waals surface area contributed by atoms with Gasteiger partial charge in [0.05, 0.1) is 11.9 Å². The van der Waals surface area contributed by atoms with Crippen LogP contribution < -0.4 is 4.90 Å². The normalized spacial score (nSPS) is 15.0. The maximum atomic E-state index is 4.28. The molecule has 1 saturated heterocycles. The molecule has 152 valence electrons. The molecule has 0 bridgehead atoms. The molecule has 0 N–H and O–H groups in total. The van der Waals surface area contributed by atoms with E-state index >= 15 is 0 Å². The quantitative estimate of drug-likeness (QED) is 0.569. The topological polar surface area (TPSA) is 37.2 Å². The average molecular weight is 390 g/mol. The van der Waals surface area contributed by atoms with Crippen molar-refractivity contribution in [3.63, 3.8) is 0 Å². The van der Waals surface area contributed by atoms with E-state index in [1.54, 1.807) is 0 Å². The molecule has 0 atom stereocenters. The molecule has 2 heterocycles. The number of piperazine rings is 1. The Morgan fingerprint density at radius 1 is 0.862 bits per heavy atom. The van der Waals surface area contributed by atoms with Gasteiger partial charge in [-0.15, -0.1) is 5.10 Å². The molecule has 4 rings (SSSR count). The molecule has 0 radical (unpaired) electrons. The lowest BCUT2D eigenvalue weighted by atomic mass is 10.1. The zero-order valence-corrected chi connectivity index (χ0v) is 17.6. The van der Waals surface area contributed by atoms with E-state index in [9.17, 15) is 0 Å². The van der Waals surface area contributed by atoms with Crippen LogP contribution in [0.15, 0.2) is 54.7 Å². The molecule has 1 aliphatic rings. The molecule has 0 aliphatic carbocycles. The SMILES string of the molecule is Cc1ccc(C)c(N2CCN(CCCCn3nncc3-c3ccccc3)CC2)c1. The Balaban J connectivity index is 1.22. The summed E-state index contributed by atoms with van der Waals surface area (Å²) in [6.07, 6.45) is 4.18. The number of hydrogen-bond acceptors (Lipinski definition) is 4. The predicted octanol–water partition coefficient (Wildman–Crippen LogP) is 4.16. The van der Waals surface area contributed by atoms with Gasteiger partial charge in [-0.2, -0.15) is 0 Å². The van der Waals surface area contributed by atoms with E-state index in [0.29, 0.717) is 0 Å². The third-order valence-corrected chi connectivity index (χ3v) is 5.86. The van der Waals surface area contributed by atoms with E-state index in [4.69, 9.17) is 0 Å². The summed E-state index contributed by atoms with van der Waals surface area (Å²) < 4.78 is 2.04. The summed E-state index contributed by atoms with van der Waals surface area (Å²) in [6.45, 7) is 11.0. The summed E-state index contributed by atoms with van der Waals surface area (Å²) in [4.78, 5) is 5.14. The zero-order chi connectivity index (χ0) is 20.1. The summed E-state index contributed by atoms with van der Waals surface area (Å²) in [5, 5.41) is 8.40. The van der Waals surface area contributed by atoms with Crippen molar-refractivity contribution in [1.82, 2.24) is 19.9 Å². The Morgan fingerprint density at radius 2 is 1.62 bits per heavy atom. The lowest BCUT2D eigenvalue weighted by molar-refractivity contribution is 0.250. The fourth-order valence-corrected chi connectivity index (χ4v) is 4.12. The van der Waals surface area contributed by atoms with Crippen LogP contribution in [0.2, 0.25) is 0 Å². The number of hydrogen-bond donors (Lipinski definition) is 0. The van der Waals surface area contributed by atoms with Crippen molar-refractivity contribution in [1.29, 1.82) is 0 Å². The van der Waals surface area contributed by atoms with E-state index < -0.39 is 0 Å². The molecule has 0 amide bonds. The fraction of sp³-hybridized carbons (Fsp3) is 0.417. The molecule has 2 aromatic carbocycles. The van der Waals surface area contributed by atoms with Crippen molar-refractivity contribution >= 4 is 5.69 Å². The van der Waals surface area contributed by atoms with Gasteiger partial charge in [-0.25, -0.2) is 4.68 Å². The van der Waals surface area contributed by atoms with Gasteiger partial charge in [0.1, 0.15) is 0 Å². The van der Waals surface area contributed by atoms with Crippen LogP contribution in [0.4, 0.5) is 5.69 Å². The second-order valence-corrected chi connectivity index (χ2v) is 8.03. The average Bonchev–Trinajstić information content (AvgIpc) is 3.23. The first kappa shape index (κ1) is 19.6. The molecule has 5 heteroatoms. The van der Waals surface area contributed by atoms with Crippen LogP contribution in [0, 0.1) is 13.8 Å². The third kappa shape index (κ3) is 4.85. The second-order valence-electron chi connectivity index (χ2n) is 8.03. The van der Waals surface area contributed by atoms with Crippen LogP contribution >= 0.6 is 0 Å². The lowest BCUT2D eigenvalue weighted by Crippen LogP contribution is -2.46. The Hall–Kier alpha value is -2.66. The molecule has 29 heavy (non-hydrogen) atoms. The molecule has 1 fully saturated rings. The molecular formula is C24H31N5. The predicted molar refractivity (Wildman–Crippen MR) is 119 cm³/mol. The minimum Gasteiger partial charge on any atom is -0.369 e. The molecule has 5 nitrogen and oxygen atoms in total. The van der Waals surface area contributed by atoms with E-state index in [1.807, 2.05) is 16.9 Å². The molecular weight excluding hydrogens is 358 g/mol. The summed E-state index contributed by atoms with van der Waals surface area (Å²) >= 11 is 0. The number of rotatable bonds is 7. The van der Waals surface area contributed by atoms with Gasteiger partial charge in [-0.05, 0) is 50.4 Å². The van der Waals surface area contributed by atoms with Crippen LogP contribution in [-0.2, 0) is 6.54 Å². The van der Waals surface area contributed by atoms with Crippen LogP contribution in [0.3, 0.4) is 0 Å². The van der Waals surface area contributed by atoms with Gasteiger partial charge in [0.2, 0.25) is 0 Å². The maximum Gasteiger partial charge on any atom is 0.0885 e. The molecule has 0 unspecified atom stereocenters. The van der Waals surface area contributed by atoms with Gasteiger partial charge in [0.15, 0.2) is 0 Å². The zero-order valence-electron chi connectivity index (χ0n) is 17.6. The first-order valence-electron chi connectivity index (χ1n) is 10.7. The standard InChI is InChI=1S/C24H31N5/c1-20-10-11-21(2)23(18-20)28-16-14-27(15-17-28)12-6-7-13-29-24(19-25-26-29)22-8-4-3-5-9-22/h3-5,8-11,18-19H,6-7,12-17H2,1-2H3. The molecule has 0 saturated carbocycles. The largest absolute Gasteiger partial charge is 0.369 e. The third-order valence-electron chi connectivity index (χ3n) is 5.86. The summed E-state index contributed by atoms with van der Waals surface area (Å²) in [7, 11) is 0. The second kappa shape index (κ2) is 9.23. The first-order valence-corrected chi connectivity index (χ1v) is 10.7. The van der Waals surface area contributed by atoms with Crippen molar-refractivity contribution in [3.05, 3.63) is 65.9 Å². The van der Waals surface area contributed by atoms with E-state index in [-0.39, 0.29) is 0 Å². The number of benzene rings is 2. The monoisotopic (exact) mass is 389 g/mol. The van der Waals surface area contributed by atoms with Crippen molar-refractivity contribution in [2.45, 2.75) is 33.2 Å². The van der Waals surface area contributed by atoms with Crippen molar-refractivity contribution < 1.29 is 0 Å². The number of anilines is 1. The molecule has 1 aromatic heterocycles. The number of nitrogens with zero attached hydrogens (tertiary/aromatic N) is 5. The van der Waals surface area contributed by atoms with E-state index in [1.165, 1.54) is 28.8 Å². The van der Waals surface area contributed by atoms with Crippen molar-refractivity contribution in [3.8, 4) is 11.3 Å². The van der Waals surface area contributed by atoms with Gasteiger partial charge in [-0.3, -0.25) is 4.90 Å². The Morgan fingerprint density at radius 3 is 2.41 bits per heavy atom. The number of unbranched alkanes of at least 4 members (excludes halogenated alkanes) is 1. The maximum absolute atomic E-state index is 4.28. The smallest absolute Gasteiger partial charge is 0.0885 e. The summed E-state index contributed by atoms with van der Waals surface area (Å²) in [5.41, 5.74) is 6.42. The number of aromatic nitrogens is 3. The van der Waals surface area contributed by atoms with Gasteiger partial charge in [0, 0.05) is 44.0 Å². The molecule has 3 aromatic rings. The van der Waals surface area contributed by atoms with E-state index in [2.05, 4.69) is 76.4 Å². The van der Waals surface area contributed by atoms with Crippen molar-refractivity contribution in [2.75, 3.05) is 37.6 Å². The van der Waals surface area contributed by atoms with Gasteiger partial charge >= 0.3 is 0 Å². The molecule has 0 spiro atoms.